The van der Waals surface area contributed by atoms with E-state index < -0.39 is 27.9 Å². The predicted molar refractivity (Wildman–Crippen MR) is 114 cm³/mol. The standard InChI is InChI=1S/C20H23N5O5S/c26-18(14-21-20(28)22-16-6-2-1-3-7-16)23-24-19(27)15-8-10-17(11-9-15)31(29,30)25-12-4-5-13-25/h1-3,6-11H,4-5,12-14H2,(H,23,26)(H,24,27)(H2,21,22,28). The molecule has 0 atom stereocenters. The van der Waals surface area contributed by atoms with Crippen LogP contribution in [0.2, 0.25) is 0 Å². The third kappa shape index (κ3) is 6.03. The number of carbonyl (C=O) groups is 3. The smallest absolute Gasteiger partial charge is 0.319 e. The number of nitrogens with zero attached hydrogens (tertiary/aromatic N) is 1. The summed E-state index contributed by atoms with van der Waals surface area (Å²) < 4.78 is 26.4. The van der Waals surface area contributed by atoms with Gasteiger partial charge in [-0.15, -0.1) is 0 Å². The van der Waals surface area contributed by atoms with E-state index in [1.165, 1.54) is 28.6 Å². The molecule has 2 aromatic rings. The first-order valence-electron chi connectivity index (χ1n) is 9.65. The SMILES string of the molecule is O=C(CNC(=O)Nc1ccccc1)NNC(=O)c1ccc(S(=O)(=O)N2CCCC2)cc1. The Labute approximate surface area is 180 Å². The van der Waals surface area contributed by atoms with E-state index in [2.05, 4.69) is 21.5 Å². The van der Waals surface area contributed by atoms with Gasteiger partial charge in [-0.1, -0.05) is 18.2 Å². The van der Waals surface area contributed by atoms with Gasteiger partial charge in [0.25, 0.3) is 11.8 Å². The lowest BCUT2D eigenvalue weighted by atomic mass is 10.2. The summed E-state index contributed by atoms with van der Waals surface area (Å²) in [6.45, 7) is 0.633. The van der Waals surface area contributed by atoms with Gasteiger partial charge in [-0.05, 0) is 49.2 Å². The highest BCUT2D eigenvalue weighted by molar-refractivity contribution is 7.89. The third-order valence-corrected chi connectivity index (χ3v) is 6.49. The molecule has 10 nitrogen and oxygen atoms in total. The highest BCUT2D eigenvalue weighted by Gasteiger charge is 2.27. The lowest BCUT2D eigenvalue weighted by Gasteiger charge is -2.15. The van der Waals surface area contributed by atoms with Crippen molar-refractivity contribution in [3.63, 3.8) is 0 Å². The molecule has 4 amide bonds. The zero-order chi connectivity index (χ0) is 22.3. The van der Waals surface area contributed by atoms with E-state index in [-0.39, 0.29) is 17.0 Å². The maximum atomic E-state index is 12.5. The molecule has 2 aromatic carbocycles. The second-order valence-electron chi connectivity index (χ2n) is 6.81. The molecule has 3 rings (SSSR count). The van der Waals surface area contributed by atoms with E-state index in [9.17, 15) is 22.8 Å². The predicted octanol–water partition coefficient (Wildman–Crippen LogP) is 1.05. The number of urea groups is 1. The number of anilines is 1. The summed E-state index contributed by atoms with van der Waals surface area (Å²) in [5.74, 6) is -1.25. The zero-order valence-corrected chi connectivity index (χ0v) is 17.4. The lowest BCUT2D eigenvalue weighted by molar-refractivity contribution is -0.120. The number of nitrogens with one attached hydrogen (secondary N) is 4. The summed E-state index contributed by atoms with van der Waals surface area (Å²) >= 11 is 0. The molecule has 0 radical (unpaired) electrons. The van der Waals surface area contributed by atoms with Gasteiger partial charge in [0.15, 0.2) is 0 Å². The normalized spacial score (nSPS) is 13.9. The van der Waals surface area contributed by atoms with Gasteiger partial charge in [-0.25, -0.2) is 13.2 Å². The molecule has 1 saturated heterocycles. The van der Waals surface area contributed by atoms with Crippen molar-refractivity contribution in [3.8, 4) is 0 Å². The van der Waals surface area contributed by atoms with Crippen LogP contribution in [-0.4, -0.2) is 50.2 Å². The van der Waals surface area contributed by atoms with Crippen molar-refractivity contribution in [2.75, 3.05) is 25.0 Å². The molecule has 1 aliphatic heterocycles. The number of hydrazine groups is 1. The molecule has 31 heavy (non-hydrogen) atoms. The number of hydrogen-bond donors (Lipinski definition) is 4. The molecule has 164 valence electrons. The van der Waals surface area contributed by atoms with Gasteiger partial charge < -0.3 is 10.6 Å². The highest BCUT2D eigenvalue weighted by Crippen LogP contribution is 2.21. The molecule has 0 bridgehead atoms. The number of rotatable bonds is 6. The second-order valence-corrected chi connectivity index (χ2v) is 8.75. The zero-order valence-electron chi connectivity index (χ0n) is 16.6. The van der Waals surface area contributed by atoms with Crippen molar-refractivity contribution < 1.29 is 22.8 Å². The summed E-state index contributed by atoms with van der Waals surface area (Å²) in [4.78, 5) is 35.8. The molecule has 0 unspecified atom stereocenters. The van der Waals surface area contributed by atoms with Gasteiger partial charge in [0, 0.05) is 24.3 Å². The number of benzene rings is 2. The van der Waals surface area contributed by atoms with Gasteiger partial charge in [0.1, 0.15) is 6.54 Å². The maximum absolute atomic E-state index is 12.5. The molecular weight excluding hydrogens is 422 g/mol. The fraction of sp³-hybridized carbons (Fsp3) is 0.250. The fourth-order valence-electron chi connectivity index (χ4n) is 2.96. The molecule has 0 aliphatic carbocycles. The minimum atomic E-state index is -3.56. The van der Waals surface area contributed by atoms with Gasteiger partial charge in [-0.2, -0.15) is 4.31 Å². The molecule has 4 N–H and O–H groups in total. The monoisotopic (exact) mass is 445 g/mol. The van der Waals surface area contributed by atoms with Crippen molar-refractivity contribution in [1.29, 1.82) is 0 Å². The Bertz CT molecular complexity index is 1040. The molecule has 1 heterocycles. The Morgan fingerprint density at radius 3 is 2.16 bits per heavy atom. The van der Waals surface area contributed by atoms with E-state index in [1.54, 1.807) is 30.3 Å². The summed E-state index contributed by atoms with van der Waals surface area (Å²) in [6, 6.07) is 13.6. The number of sulfonamides is 1. The average Bonchev–Trinajstić information content (AvgIpc) is 3.33. The highest BCUT2D eigenvalue weighted by atomic mass is 32.2. The van der Waals surface area contributed by atoms with Crippen LogP contribution < -0.4 is 21.5 Å². The van der Waals surface area contributed by atoms with Crippen LogP contribution in [0.1, 0.15) is 23.2 Å². The van der Waals surface area contributed by atoms with Gasteiger partial charge in [-0.3, -0.25) is 20.4 Å². The summed E-state index contributed by atoms with van der Waals surface area (Å²) in [7, 11) is -3.56. The quantitative estimate of drug-likeness (QED) is 0.493. The summed E-state index contributed by atoms with van der Waals surface area (Å²) in [6.07, 6.45) is 1.67. The Balaban J connectivity index is 1.44. The van der Waals surface area contributed by atoms with Crippen LogP contribution in [0.25, 0.3) is 0 Å². The van der Waals surface area contributed by atoms with Crippen molar-refractivity contribution >= 4 is 33.6 Å². The van der Waals surface area contributed by atoms with Crippen LogP contribution in [0.3, 0.4) is 0 Å². The number of amides is 4. The van der Waals surface area contributed by atoms with E-state index in [4.69, 9.17) is 0 Å². The first-order valence-corrected chi connectivity index (χ1v) is 11.1. The van der Waals surface area contributed by atoms with E-state index in [1.807, 2.05) is 0 Å². The van der Waals surface area contributed by atoms with Gasteiger partial charge in [0.05, 0.1) is 4.90 Å². The fourth-order valence-corrected chi connectivity index (χ4v) is 4.47. The van der Waals surface area contributed by atoms with E-state index in [0.717, 1.165) is 12.8 Å². The van der Waals surface area contributed by atoms with Gasteiger partial charge in [0.2, 0.25) is 10.0 Å². The Morgan fingerprint density at radius 1 is 0.871 bits per heavy atom. The lowest BCUT2D eigenvalue weighted by Crippen LogP contribution is -2.47. The Kier molecular flexibility index (Phi) is 7.21. The summed E-state index contributed by atoms with van der Waals surface area (Å²) in [5.41, 5.74) is 5.15. The first kappa shape index (κ1) is 22.2. The molecule has 1 aliphatic rings. The molecule has 11 heteroatoms. The Hall–Kier alpha value is -3.44. The minimum absolute atomic E-state index is 0.114. The van der Waals surface area contributed by atoms with Crippen LogP contribution in [-0.2, 0) is 14.8 Å². The first-order chi connectivity index (χ1) is 14.9. The van der Waals surface area contributed by atoms with Gasteiger partial charge >= 0.3 is 6.03 Å². The number of hydrogen-bond acceptors (Lipinski definition) is 5. The van der Waals surface area contributed by atoms with E-state index >= 15 is 0 Å². The van der Waals surface area contributed by atoms with Crippen molar-refractivity contribution in [3.05, 3.63) is 60.2 Å². The molecule has 1 fully saturated rings. The molecular formula is C20H23N5O5S. The minimum Gasteiger partial charge on any atom is -0.329 e. The largest absolute Gasteiger partial charge is 0.329 e. The number of carbonyl (C=O) groups excluding carboxylic acids is 3. The summed E-state index contributed by atoms with van der Waals surface area (Å²) in [5, 5.41) is 4.92. The third-order valence-electron chi connectivity index (χ3n) is 4.58. The Morgan fingerprint density at radius 2 is 1.52 bits per heavy atom. The van der Waals surface area contributed by atoms with Crippen LogP contribution in [0.15, 0.2) is 59.5 Å². The molecule has 0 aromatic heterocycles. The van der Waals surface area contributed by atoms with Crippen LogP contribution in [0.5, 0.6) is 0 Å². The van der Waals surface area contributed by atoms with Crippen LogP contribution in [0, 0.1) is 0 Å². The second kappa shape index (κ2) is 10.0. The number of para-hydroxylation sites is 1. The molecule has 0 saturated carbocycles. The average molecular weight is 446 g/mol. The van der Waals surface area contributed by atoms with Crippen molar-refractivity contribution in [2.45, 2.75) is 17.7 Å². The van der Waals surface area contributed by atoms with E-state index in [0.29, 0.717) is 18.8 Å². The van der Waals surface area contributed by atoms with Crippen LogP contribution >= 0.6 is 0 Å². The van der Waals surface area contributed by atoms with Crippen molar-refractivity contribution in [2.24, 2.45) is 0 Å². The topological polar surface area (TPSA) is 137 Å². The van der Waals surface area contributed by atoms with Crippen LogP contribution in [0.4, 0.5) is 10.5 Å². The van der Waals surface area contributed by atoms with Crippen molar-refractivity contribution in [1.82, 2.24) is 20.5 Å². The maximum Gasteiger partial charge on any atom is 0.319 e. The molecule has 0 spiro atoms.